The quantitative estimate of drug-likeness (QED) is 0.788. The van der Waals surface area contributed by atoms with Gasteiger partial charge in [-0.15, -0.1) is 0 Å². The van der Waals surface area contributed by atoms with Gasteiger partial charge in [-0.3, -0.25) is 0 Å². The summed E-state index contributed by atoms with van der Waals surface area (Å²) in [5.41, 5.74) is 2.87. The fraction of sp³-hybridized carbons (Fsp3) is 0.529. The first-order valence-electron chi connectivity index (χ1n) is 7.33. The standard InChI is InChI=1S/C17H26N2/c1-19(2)14-17-11-7-6-10-16(17)13-18-12-15-8-4-3-5-9-15/h3-4,6-7,10-11,15,18H,5,8-9,12-14H2,1-2H3. The Bertz CT molecular complexity index is 409. The van der Waals surface area contributed by atoms with E-state index in [0.717, 1.165) is 25.6 Å². The molecule has 1 aromatic rings. The summed E-state index contributed by atoms with van der Waals surface area (Å²) in [6.45, 7) is 3.15. The zero-order valence-electron chi connectivity index (χ0n) is 12.2. The summed E-state index contributed by atoms with van der Waals surface area (Å²) in [6, 6.07) is 8.75. The van der Waals surface area contributed by atoms with E-state index < -0.39 is 0 Å². The van der Waals surface area contributed by atoms with Gasteiger partial charge in [0, 0.05) is 13.1 Å². The van der Waals surface area contributed by atoms with Gasteiger partial charge in [0.25, 0.3) is 0 Å². The molecule has 0 fully saturated rings. The molecular weight excluding hydrogens is 232 g/mol. The van der Waals surface area contributed by atoms with E-state index in [1.54, 1.807) is 0 Å². The van der Waals surface area contributed by atoms with Crippen molar-refractivity contribution in [3.05, 3.63) is 47.5 Å². The molecule has 0 spiro atoms. The highest BCUT2D eigenvalue weighted by Crippen LogP contribution is 2.17. The van der Waals surface area contributed by atoms with Crippen LogP contribution in [0.15, 0.2) is 36.4 Å². The number of nitrogens with one attached hydrogen (secondary N) is 1. The summed E-state index contributed by atoms with van der Waals surface area (Å²) in [7, 11) is 4.25. The van der Waals surface area contributed by atoms with Crippen molar-refractivity contribution in [2.24, 2.45) is 5.92 Å². The highest BCUT2D eigenvalue weighted by Gasteiger charge is 2.09. The molecule has 1 aliphatic rings. The van der Waals surface area contributed by atoms with Gasteiger partial charge < -0.3 is 10.2 Å². The summed E-state index contributed by atoms with van der Waals surface area (Å²) >= 11 is 0. The lowest BCUT2D eigenvalue weighted by molar-refractivity contribution is 0.398. The summed E-state index contributed by atoms with van der Waals surface area (Å²) in [6.07, 6.45) is 8.47. The normalized spacial score (nSPS) is 19.0. The van der Waals surface area contributed by atoms with E-state index >= 15 is 0 Å². The number of hydrogen-bond acceptors (Lipinski definition) is 2. The molecule has 2 heteroatoms. The van der Waals surface area contributed by atoms with E-state index in [-0.39, 0.29) is 0 Å². The Kier molecular flexibility index (Phi) is 5.62. The lowest BCUT2D eigenvalue weighted by Gasteiger charge is -2.19. The first kappa shape index (κ1) is 14.3. The fourth-order valence-corrected chi connectivity index (χ4v) is 2.68. The molecular formula is C17H26N2. The molecule has 1 aliphatic carbocycles. The number of hydrogen-bond donors (Lipinski definition) is 1. The highest BCUT2D eigenvalue weighted by atomic mass is 15.0. The van der Waals surface area contributed by atoms with Crippen LogP contribution in [0, 0.1) is 5.92 Å². The zero-order chi connectivity index (χ0) is 13.5. The molecule has 1 unspecified atom stereocenters. The first-order chi connectivity index (χ1) is 9.25. The average molecular weight is 258 g/mol. The third-order valence-corrected chi connectivity index (χ3v) is 3.73. The Balaban J connectivity index is 1.83. The lowest BCUT2D eigenvalue weighted by atomic mass is 9.94. The van der Waals surface area contributed by atoms with Crippen molar-refractivity contribution >= 4 is 0 Å². The van der Waals surface area contributed by atoms with Crippen LogP contribution in [0.3, 0.4) is 0 Å². The van der Waals surface area contributed by atoms with Crippen molar-refractivity contribution in [2.75, 3.05) is 20.6 Å². The van der Waals surface area contributed by atoms with E-state index in [1.807, 2.05) is 0 Å². The van der Waals surface area contributed by atoms with Crippen LogP contribution in [0.4, 0.5) is 0 Å². The van der Waals surface area contributed by atoms with Crippen LogP contribution in [-0.2, 0) is 13.1 Å². The van der Waals surface area contributed by atoms with Crippen molar-refractivity contribution in [1.82, 2.24) is 10.2 Å². The third-order valence-electron chi connectivity index (χ3n) is 3.73. The van der Waals surface area contributed by atoms with E-state index in [1.165, 1.54) is 30.4 Å². The minimum absolute atomic E-state index is 0.825. The third kappa shape index (κ3) is 4.81. The molecule has 104 valence electrons. The molecule has 1 N–H and O–H groups in total. The van der Waals surface area contributed by atoms with E-state index in [9.17, 15) is 0 Å². The molecule has 1 atom stereocenters. The van der Waals surface area contributed by atoms with Crippen molar-refractivity contribution < 1.29 is 0 Å². The maximum absolute atomic E-state index is 3.63. The van der Waals surface area contributed by atoms with Crippen molar-refractivity contribution in [3.63, 3.8) is 0 Å². The molecule has 0 aliphatic heterocycles. The largest absolute Gasteiger partial charge is 0.312 e. The molecule has 0 heterocycles. The Morgan fingerprint density at radius 1 is 1.16 bits per heavy atom. The van der Waals surface area contributed by atoms with Crippen LogP contribution in [0.25, 0.3) is 0 Å². The molecule has 0 amide bonds. The van der Waals surface area contributed by atoms with E-state index in [2.05, 4.69) is 60.7 Å². The molecule has 0 bridgehead atoms. The van der Waals surface area contributed by atoms with Crippen molar-refractivity contribution in [1.29, 1.82) is 0 Å². The second kappa shape index (κ2) is 7.46. The molecule has 0 saturated heterocycles. The maximum Gasteiger partial charge on any atom is 0.0230 e. The Labute approximate surface area is 117 Å². The van der Waals surface area contributed by atoms with Gasteiger partial charge in [-0.1, -0.05) is 36.4 Å². The van der Waals surface area contributed by atoms with Crippen LogP contribution < -0.4 is 5.32 Å². The molecule has 1 aromatic carbocycles. The average Bonchev–Trinajstić information content (AvgIpc) is 2.41. The fourth-order valence-electron chi connectivity index (χ4n) is 2.68. The lowest BCUT2D eigenvalue weighted by Crippen LogP contribution is -2.24. The predicted molar refractivity (Wildman–Crippen MR) is 82.0 cm³/mol. The first-order valence-corrected chi connectivity index (χ1v) is 7.33. The minimum Gasteiger partial charge on any atom is -0.312 e. The van der Waals surface area contributed by atoms with Gasteiger partial charge in [0.2, 0.25) is 0 Å². The van der Waals surface area contributed by atoms with Crippen LogP contribution in [-0.4, -0.2) is 25.5 Å². The van der Waals surface area contributed by atoms with Crippen LogP contribution in [0.1, 0.15) is 30.4 Å². The molecule has 2 rings (SSSR count). The van der Waals surface area contributed by atoms with Gasteiger partial charge in [0.15, 0.2) is 0 Å². The molecule has 19 heavy (non-hydrogen) atoms. The summed E-state index contributed by atoms with van der Waals surface area (Å²) < 4.78 is 0. The number of rotatable bonds is 6. The second-order valence-corrected chi connectivity index (χ2v) is 5.79. The number of nitrogens with zero attached hydrogens (tertiary/aromatic N) is 1. The monoisotopic (exact) mass is 258 g/mol. The van der Waals surface area contributed by atoms with Gasteiger partial charge in [0.05, 0.1) is 0 Å². The summed E-state index contributed by atoms with van der Waals surface area (Å²) in [5, 5.41) is 3.63. The topological polar surface area (TPSA) is 15.3 Å². The Hall–Kier alpha value is -1.12. The summed E-state index contributed by atoms with van der Waals surface area (Å²) in [4.78, 5) is 2.23. The van der Waals surface area contributed by atoms with Crippen molar-refractivity contribution in [2.45, 2.75) is 32.4 Å². The van der Waals surface area contributed by atoms with Crippen LogP contribution in [0.5, 0.6) is 0 Å². The van der Waals surface area contributed by atoms with E-state index in [0.29, 0.717) is 0 Å². The molecule has 2 nitrogen and oxygen atoms in total. The molecule has 0 saturated carbocycles. The SMILES string of the molecule is CN(C)Cc1ccccc1CNCC1CC=CCC1. The number of allylic oxidation sites excluding steroid dienone is 2. The minimum atomic E-state index is 0.825. The highest BCUT2D eigenvalue weighted by molar-refractivity contribution is 5.26. The van der Waals surface area contributed by atoms with Crippen LogP contribution in [0.2, 0.25) is 0 Å². The zero-order valence-corrected chi connectivity index (χ0v) is 12.2. The van der Waals surface area contributed by atoms with Crippen molar-refractivity contribution in [3.8, 4) is 0 Å². The maximum atomic E-state index is 3.63. The molecule has 0 radical (unpaired) electrons. The van der Waals surface area contributed by atoms with E-state index in [4.69, 9.17) is 0 Å². The Morgan fingerprint density at radius 2 is 1.95 bits per heavy atom. The second-order valence-electron chi connectivity index (χ2n) is 5.79. The number of benzene rings is 1. The predicted octanol–water partition coefficient (Wildman–Crippen LogP) is 3.19. The Morgan fingerprint density at radius 3 is 2.63 bits per heavy atom. The van der Waals surface area contributed by atoms with Gasteiger partial charge in [-0.25, -0.2) is 0 Å². The summed E-state index contributed by atoms with van der Waals surface area (Å²) in [5.74, 6) is 0.825. The van der Waals surface area contributed by atoms with Gasteiger partial charge in [-0.05, 0) is 56.9 Å². The smallest absolute Gasteiger partial charge is 0.0230 e. The van der Waals surface area contributed by atoms with Gasteiger partial charge in [-0.2, -0.15) is 0 Å². The van der Waals surface area contributed by atoms with Gasteiger partial charge in [0.1, 0.15) is 0 Å². The molecule has 0 aromatic heterocycles. The van der Waals surface area contributed by atoms with Gasteiger partial charge >= 0.3 is 0 Å². The van der Waals surface area contributed by atoms with Crippen LogP contribution >= 0.6 is 0 Å².